The summed E-state index contributed by atoms with van der Waals surface area (Å²) < 4.78 is 0. The molecule has 0 saturated carbocycles. The van der Waals surface area contributed by atoms with Gasteiger partial charge in [0.05, 0.1) is 12.3 Å². The summed E-state index contributed by atoms with van der Waals surface area (Å²) in [4.78, 5) is 21.6. The Morgan fingerprint density at radius 1 is 1.38 bits per heavy atom. The minimum absolute atomic E-state index is 0.0124. The number of hydrogen-bond acceptors (Lipinski definition) is 3. The number of hydrogen-bond donors (Lipinski definition) is 2. The molecule has 1 atom stereocenters. The highest BCUT2D eigenvalue weighted by atomic mass is 35.5. The number of aryl methyl sites for hydroxylation is 1. The molecule has 2 heterocycles. The molecule has 1 aromatic carbocycles. The van der Waals surface area contributed by atoms with Crippen LogP contribution in [0.1, 0.15) is 47.7 Å². The average molecular weight is 348 g/mol. The van der Waals surface area contributed by atoms with Crippen LogP contribution in [-0.4, -0.2) is 39.0 Å². The molecule has 0 radical (unpaired) electrons. The number of rotatable bonds is 4. The average Bonchev–Trinajstić information content (AvgIpc) is 3.10. The highest BCUT2D eigenvalue weighted by molar-refractivity contribution is 6.30. The number of carbonyl (C=O) groups excluding carboxylic acids is 1. The van der Waals surface area contributed by atoms with Crippen molar-refractivity contribution in [3.05, 3.63) is 52.6 Å². The molecule has 0 bridgehead atoms. The summed E-state index contributed by atoms with van der Waals surface area (Å²) in [6.07, 6.45) is 3.44. The molecule has 6 heteroatoms. The smallest absolute Gasteiger partial charge is 0.271 e. The highest BCUT2D eigenvalue weighted by Crippen LogP contribution is 2.31. The third-order valence-electron chi connectivity index (χ3n) is 4.68. The normalized spacial score (nSPS) is 17.0. The van der Waals surface area contributed by atoms with Gasteiger partial charge in [0.25, 0.3) is 5.91 Å². The number of carbonyl (C=O) groups is 1. The van der Waals surface area contributed by atoms with Gasteiger partial charge in [0.2, 0.25) is 0 Å². The number of nitrogens with zero attached hydrogens (tertiary/aromatic N) is 2. The van der Waals surface area contributed by atoms with Crippen molar-refractivity contribution in [2.75, 3.05) is 13.1 Å². The van der Waals surface area contributed by atoms with Crippen LogP contribution >= 0.6 is 11.6 Å². The van der Waals surface area contributed by atoms with E-state index in [1.54, 1.807) is 18.3 Å². The lowest BCUT2D eigenvalue weighted by atomic mass is 9.87. The Balaban J connectivity index is 1.58. The van der Waals surface area contributed by atoms with Crippen LogP contribution in [0.3, 0.4) is 0 Å². The lowest BCUT2D eigenvalue weighted by Crippen LogP contribution is -2.40. The van der Waals surface area contributed by atoms with Gasteiger partial charge in [-0.15, -0.1) is 0 Å². The largest absolute Gasteiger partial charge is 0.388 e. The molecule has 5 nitrogen and oxygen atoms in total. The number of imidazole rings is 1. The Labute approximate surface area is 146 Å². The lowest BCUT2D eigenvalue weighted by molar-refractivity contribution is 0.0459. The zero-order valence-electron chi connectivity index (χ0n) is 13.7. The van der Waals surface area contributed by atoms with Gasteiger partial charge >= 0.3 is 0 Å². The van der Waals surface area contributed by atoms with E-state index in [9.17, 15) is 9.90 Å². The fourth-order valence-electron chi connectivity index (χ4n) is 3.17. The van der Waals surface area contributed by atoms with Crippen molar-refractivity contribution in [2.24, 2.45) is 5.92 Å². The van der Waals surface area contributed by atoms with Crippen molar-refractivity contribution in [1.82, 2.24) is 14.9 Å². The molecule has 24 heavy (non-hydrogen) atoms. The van der Waals surface area contributed by atoms with Crippen molar-refractivity contribution in [3.8, 4) is 0 Å². The third kappa shape index (κ3) is 3.62. The number of aromatic nitrogens is 2. The van der Waals surface area contributed by atoms with Crippen LogP contribution in [0.4, 0.5) is 0 Å². The fourth-order valence-corrected chi connectivity index (χ4v) is 3.30. The quantitative estimate of drug-likeness (QED) is 0.892. The summed E-state index contributed by atoms with van der Waals surface area (Å²) in [5.41, 5.74) is 1.42. The molecule has 0 aliphatic carbocycles. The summed E-state index contributed by atoms with van der Waals surface area (Å²) >= 11 is 5.89. The van der Waals surface area contributed by atoms with Gasteiger partial charge in [0.1, 0.15) is 11.5 Å². The number of piperidine rings is 1. The van der Waals surface area contributed by atoms with Crippen LogP contribution in [0.5, 0.6) is 0 Å². The maximum Gasteiger partial charge on any atom is 0.271 e. The minimum Gasteiger partial charge on any atom is -0.388 e. The minimum atomic E-state index is -0.515. The Morgan fingerprint density at radius 3 is 2.62 bits per heavy atom. The number of aliphatic hydroxyl groups is 1. The number of aromatic amines is 1. The van der Waals surface area contributed by atoms with Gasteiger partial charge in [-0.1, -0.05) is 30.7 Å². The second-order valence-corrected chi connectivity index (χ2v) is 6.66. The Hall–Kier alpha value is -1.85. The molecule has 1 amide bonds. The molecule has 0 spiro atoms. The van der Waals surface area contributed by atoms with E-state index in [1.165, 1.54) is 0 Å². The first-order valence-electron chi connectivity index (χ1n) is 8.35. The van der Waals surface area contributed by atoms with Crippen molar-refractivity contribution < 1.29 is 9.90 Å². The zero-order valence-corrected chi connectivity index (χ0v) is 14.5. The van der Waals surface area contributed by atoms with E-state index in [0.29, 0.717) is 23.8 Å². The summed E-state index contributed by atoms with van der Waals surface area (Å²) in [6, 6.07) is 7.31. The van der Waals surface area contributed by atoms with E-state index in [4.69, 9.17) is 11.6 Å². The number of amides is 1. The van der Waals surface area contributed by atoms with Gasteiger partial charge in [-0.2, -0.15) is 0 Å². The van der Waals surface area contributed by atoms with Gasteiger partial charge in [-0.25, -0.2) is 4.98 Å². The first-order valence-corrected chi connectivity index (χ1v) is 8.73. The molecule has 1 aliphatic rings. The number of aliphatic hydroxyl groups excluding tert-OH is 1. The topological polar surface area (TPSA) is 69.2 Å². The van der Waals surface area contributed by atoms with Gasteiger partial charge < -0.3 is 15.0 Å². The van der Waals surface area contributed by atoms with Gasteiger partial charge in [0.15, 0.2) is 0 Å². The maximum absolute atomic E-state index is 12.5. The van der Waals surface area contributed by atoms with Crippen LogP contribution < -0.4 is 0 Å². The Kier molecular flexibility index (Phi) is 5.21. The van der Waals surface area contributed by atoms with Crippen LogP contribution in [-0.2, 0) is 6.42 Å². The van der Waals surface area contributed by atoms with Gasteiger partial charge in [0, 0.05) is 24.5 Å². The van der Waals surface area contributed by atoms with Crippen molar-refractivity contribution in [3.63, 3.8) is 0 Å². The number of nitrogens with one attached hydrogen (secondary N) is 1. The summed E-state index contributed by atoms with van der Waals surface area (Å²) in [7, 11) is 0. The molecule has 1 fully saturated rings. The molecule has 128 valence electrons. The molecular weight excluding hydrogens is 326 g/mol. The molecular formula is C18H22ClN3O2. The van der Waals surface area contributed by atoms with Gasteiger partial charge in [-0.05, 0) is 36.5 Å². The molecule has 2 aromatic rings. The fraction of sp³-hybridized carbons (Fsp3) is 0.444. The van der Waals surface area contributed by atoms with Crippen LogP contribution in [0.2, 0.25) is 5.02 Å². The van der Waals surface area contributed by atoms with Crippen LogP contribution in [0, 0.1) is 5.92 Å². The second-order valence-electron chi connectivity index (χ2n) is 6.22. The Morgan fingerprint density at radius 2 is 2.04 bits per heavy atom. The summed E-state index contributed by atoms with van der Waals surface area (Å²) in [5, 5.41) is 11.2. The van der Waals surface area contributed by atoms with Crippen LogP contribution in [0.25, 0.3) is 0 Å². The van der Waals surface area contributed by atoms with E-state index in [-0.39, 0.29) is 11.8 Å². The SMILES string of the molecule is CCc1ncc(C(=O)N2CCC(C(O)c3ccc(Cl)cc3)CC2)[nH]1. The zero-order chi connectivity index (χ0) is 17.1. The second kappa shape index (κ2) is 7.36. The molecule has 1 aliphatic heterocycles. The summed E-state index contributed by atoms with van der Waals surface area (Å²) in [6.45, 7) is 3.29. The highest BCUT2D eigenvalue weighted by Gasteiger charge is 2.29. The number of benzene rings is 1. The monoisotopic (exact) mass is 347 g/mol. The van der Waals surface area contributed by atoms with Crippen LogP contribution in [0.15, 0.2) is 30.5 Å². The van der Waals surface area contributed by atoms with E-state index in [0.717, 1.165) is 30.7 Å². The van der Waals surface area contributed by atoms with E-state index < -0.39 is 6.10 Å². The van der Waals surface area contributed by atoms with E-state index >= 15 is 0 Å². The molecule has 2 N–H and O–H groups in total. The van der Waals surface area contributed by atoms with E-state index in [2.05, 4.69) is 9.97 Å². The molecule has 1 saturated heterocycles. The third-order valence-corrected chi connectivity index (χ3v) is 4.93. The molecule has 1 unspecified atom stereocenters. The predicted octanol–water partition coefficient (Wildman–Crippen LogP) is 3.21. The lowest BCUT2D eigenvalue weighted by Gasteiger charge is -2.34. The van der Waals surface area contributed by atoms with Crippen molar-refractivity contribution in [1.29, 1.82) is 0 Å². The van der Waals surface area contributed by atoms with Gasteiger partial charge in [-0.3, -0.25) is 4.79 Å². The predicted molar refractivity (Wildman–Crippen MR) is 93.0 cm³/mol. The first kappa shape index (κ1) is 17.0. The molecule has 3 rings (SSSR count). The number of halogens is 1. The van der Waals surface area contributed by atoms with Crippen molar-refractivity contribution in [2.45, 2.75) is 32.3 Å². The Bertz CT molecular complexity index is 691. The summed E-state index contributed by atoms with van der Waals surface area (Å²) in [5.74, 6) is 0.969. The standard InChI is InChI=1S/C18H22ClN3O2/c1-2-16-20-11-15(21-16)18(24)22-9-7-13(8-10-22)17(23)12-3-5-14(19)6-4-12/h3-6,11,13,17,23H,2,7-10H2,1H3,(H,20,21). The maximum atomic E-state index is 12.5. The number of likely N-dealkylation sites (tertiary alicyclic amines) is 1. The number of H-pyrrole nitrogens is 1. The van der Waals surface area contributed by atoms with Crippen molar-refractivity contribution >= 4 is 17.5 Å². The van der Waals surface area contributed by atoms with E-state index in [1.807, 2.05) is 24.0 Å². The molecule has 1 aromatic heterocycles. The first-order chi connectivity index (χ1) is 11.6.